The Balaban J connectivity index is 4.04. The van der Waals surface area contributed by atoms with Crippen molar-refractivity contribution >= 4 is 23.3 Å². The third-order valence-electron chi connectivity index (χ3n) is 3.07. The predicted molar refractivity (Wildman–Crippen MR) is 78.9 cm³/mol. The molecule has 1 unspecified atom stereocenters. The second-order valence-corrected chi connectivity index (χ2v) is 5.25. The largest absolute Gasteiger partial charge is 0.462 e. The van der Waals surface area contributed by atoms with Crippen LogP contribution in [0.15, 0.2) is 0 Å². The molecular formula is C16H26O5. The molecule has 0 amide bonds. The molecule has 0 aromatic carbocycles. The first kappa shape index (κ1) is 19.5. The summed E-state index contributed by atoms with van der Waals surface area (Å²) in [7, 11) is 0. The summed E-state index contributed by atoms with van der Waals surface area (Å²) in [6, 6.07) is 0. The third kappa shape index (κ3) is 10.9. The average molecular weight is 298 g/mol. The minimum atomic E-state index is -0.252. The molecule has 0 saturated heterocycles. The van der Waals surface area contributed by atoms with E-state index in [0.29, 0.717) is 19.3 Å². The smallest absolute Gasteiger partial charge is 0.305 e. The highest BCUT2D eigenvalue weighted by atomic mass is 16.5. The van der Waals surface area contributed by atoms with Crippen molar-refractivity contribution < 1.29 is 23.9 Å². The van der Waals surface area contributed by atoms with E-state index >= 15 is 0 Å². The van der Waals surface area contributed by atoms with Gasteiger partial charge in [-0.05, 0) is 19.8 Å². The molecule has 0 aliphatic rings. The minimum Gasteiger partial charge on any atom is -0.462 e. The maximum absolute atomic E-state index is 11.7. The molecular weight excluding hydrogens is 272 g/mol. The molecule has 0 rings (SSSR count). The number of ketones is 3. The molecule has 0 aliphatic heterocycles. The Morgan fingerprint density at radius 1 is 0.905 bits per heavy atom. The molecule has 0 saturated carbocycles. The van der Waals surface area contributed by atoms with Gasteiger partial charge in [-0.15, -0.1) is 0 Å². The van der Waals surface area contributed by atoms with Crippen molar-refractivity contribution in [2.24, 2.45) is 0 Å². The molecule has 21 heavy (non-hydrogen) atoms. The molecule has 5 heteroatoms. The topological polar surface area (TPSA) is 77.5 Å². The zero-order valence-corrected chi connectivity index (χ0v) is 13.3. The number of ether oxygens (including phenoxy) is 1. The number of Topliss-reactive ketones (excluding diaryl/α,β-unsaturated/α-hetero) is 3. The number of carbonyl (C=O) groups excluding carboxylic acids is 4. The van der Waals surface area contributed by atoms with Crippen LogP contribution in [0.5, 0.6) is 0 Å². The van der Waals surface area contributed by atoms with Gasteiger partial charge in [0.15, 0.2) is 0 Å². The van der Waals surface area contributed by atoms with E-state index in [-0.39, 0.29) is 48.7 Å². The van der Waals surface area contributed by atoms with Gasteiger partial charge in [0.25, 0.3) is 0 Å². The van der Waals surface area contributed by atoms with E-state index in [1.165, 1.54) is 6.92 Å². The summed E-state index contributed by atoms with van der Waals surface area (Å²) in [5.74, 6) is -0.654. The SMILES string of the molecule is CCCC(CCC(=O)CCC(=O)CC(C)=O)OC(=O)CC. The van der Waals surface area contributed by atoms with Crippen molar-refractivity contribution in [3.63, 3.8) is 0 Å². The van der Waals surface area contributed by atoms with E-state index in [4.69, 9.17) is 4.74 Å². The Labute approximate surface area is 126 Å². The fraction of sp³-hybridized carbons (Fsp3) is 0.750. The van der Waals surface area contributed by atoms with Crippen LogP contribution in [0.4, 0.5) is 0 Å². The van der Waals surface area contributed by atoms with Crippen molar-refractivity contribution in [3.05, 3.63) is 0 Å². The average Bonchev–Trinajstić information content (AvgIpc) is 2.41. The highest BCUT2D eigenvalue weighted by Crippen LogP contribution is 2.12. The van der Waals surface area contributed by atoms with Gasteiger partial charge in [-0.25, -0.2) is 0 Å². The van der Waals surface area contributed by atoms with Crippen LogP contribution < -0.4 is 0 Å². The maximum atomic E-state index is 11.7. The van der Waals surface area contributed by atoms with E-state index in [9.17, 15) is 19.2 Å². The molecule has 0 bridgehead atoms. The Bertz CT molecular complexity index is 373. The normalized spacial score (nSPS) is 11.8. The third-order valence-corrected chi connectivity index (χ3v) is 3.07. The van der Waals surface area contributed by atoms with Crippen molar-refractivity contribution in [2.75, 3.05) is 0 Å². The molecule has 120 valence electrons. The molecule has 0 aliphatic carbocycles. The Hall–Kier alpha value is -1.52. The summed E-state index contributed by atoms with van der Waals surface area (Å²) in [5, 5.41) is 0. The van der Waals surface area contributed by atoms with E-state index in [1.54, 1.807) is 6.92 Å². The standard InChI is InChI=1S/C16H26O5/c1-4-6-15(21-16(20)5-2)10-9-13(18)7-8-14(19)11-12(3)17/h15H,4-11H2,1-3H3. The highest BCUT2D eigenvalue weighted by Gasteiger charge is 2.15. The molecule has 0 radical (unpaired) electrons. The monoisotopic (exact) mass is 298 g/mol. The van der Waals surface area contributed by atoms with E-state index < -0.39 is 0 Å². The fourth-order valence-electron chi connectivity index (χ4n) is 1.95. The number of esters is 1. The summed E-state index contributed by atoms with van der Waals surface area (Å²) in [5.41, 5.74) is 0. The number of rotatable bonds is 12. The van der Waals surface area contributed by atoms with Crippen molar-refractivity contribution in [1.29, 1.82) is 0 Å². The van der Waals surface area contributed by atoms with Gasteiger partial charge in [0.1, 0.15) is 23.5 Å². The second kappa shape index (κ2) is 11.2. The zero-order chi connectivity index (χ0) is 16.3. The number of hydrogen-bond donors (Lipinski definition) is 0. The summed E-state index contributed by atoms with van der Waals surface area (Å²) >= 11 is 0. The quantitative estimate of drug-likeness (QED) is 0.409. The lowest BCUT2D eigenvalue weighted by Crippen LogP contribution is -2.19. The maximum Gasteiger partial charge on any atom is 0.305 e. The van der Waals surface area contributed by atoms with E-state index in [0.717, 1.165) is 12.8 Å². The lowest BCUT2D eigenvalue weighted by Gasteiger charge is -2.16. The molecule has 5 nitrogen and oxygen atoms in total. The lowest BCUT2D eigenvalue weighted by molar-refractivity contribution is -0.149. The molecule has 0 aromatic heterocycles. The highest BCUT2D eigenvalue weighted by molar-refractivity contribution is 5.99. The van der Waals surface area contributed by atoms with Crippen molar-refractivity contribution in [3.8, 4) is 0 Å². The van der Waals surface area contributed by atoms with Crippen LogP contribution >= 0.6 is 0 Å². The van der Waals surface area contributed by atoms with Gasteiger partial charge in [0.2, 0.25) is 0 Å². The van der Waals surface area contributed by atoms with Crippen LogP contribution in [0.3, 0.4) is 0 Å². The first-order valence-corrected chi connectivity index (χ1v) is 7.61. The van der Waals surface area contributed by atoms with Crippen molar-refractivity contribution in [1.82, 2.24) is 0 Å². The van der Waals surface area contributed by atoms with Gasteiger partial charge in [-0.2, -0.15) is 0 Å². The Kier molecular flexibility index (Phi) is 10.4. The number of hydrogen-bond acceptors (Lipinski definition) is 5. The van der Waals surface area contributed by atoms with Gasteiger partial charge in [-0.3, -0.25) is 19.2 Å². The first-order chi connectivity index (χ1) is 9.88. The molecule has 1 atom stereocenters. The predicted octanol–water partition coefficient (Wildman–Crippen LogP) is 2.79. The second-order valence-electron chi connectivity index (χ2n) is 5.25. The molecule has 0 spiro atoms. The first-order valence-electron chi connectivity index (χ1n) is 7.61. The molecule has 0 aromatic rings. The Morgan fingerprint density at radius 3 is 2.05 bits per heavy atom. The minimum absolute atomic E-state index is 0.0273. The van der Waals surface area contributed by atoms with Crippen LogP contribution in [0, 0.1) is 0 Å². The van der Waals surface area contributed by atoms with Gasteiger partial charge < -0.3 is 4.74 Å². The van der Waals surface area contributed by atoms with Crippen LogP contribution in [-0.4, -0.2) is 29.4 Å². The fourth-order valence-corrected chi connectivity index (χ4v) is 1.95. The van der Waals surface area contributed by atoms with Crippen molar-refractivity contribution in [2.45, 2.75) is 78.2 Å². The molecule has 0 fully saturated rings. The van der Waals surface area contributed by atoms with E-state index in [2.05, 4.69) is 0 Å². The lowest BCUT2D eigenvalue weighted by atomic mass is 10.0. The van der Waals surface area contributed by atoms with Crippen LogP contribution in [0.1, 0.15) is 72.1 Å². The summed E-state index contributed by atoms with van der Waals surface area (Å²) in [4.78, 5) is 45.1. The summed E-state index contributed by atoms with van der Waals surface area (Å²) in [6.45, 7) is 5.09. The molecule has 0 N–H and O–H groups in total. The summed E-state index contributed by atoms with van der Waals surface area (Å²) in [6.07, 6.45) is 2.70. The zero-order valence-electron chi connectivity index (χ0n) is 13.3. The van der Waals surface area contributed by atoms with E-state index in [1.807, 2.05) is 6.92 Å². The Morgan fingerprint density at radius 2 is 1.52 bits per heavy atom. The van der Waals surface area contributed by atoms with Crippen LogP contribution in [-0.2, 0) is 23.9 Å². The van der Waals surface area contributed by atoms with Gasteiger partial charge in [-0.1, -0.05) is 20.3 Å². The van der Waals surface area contributed by atoms with Gasteiger partial charge in [0.05, 0.1) is 6.42 Å². The molecule has 0 heterocycles. The van der Waals surface area contributed by atoms with Gasteiger partial charge >= 0.3 is 5.97 Å². The van der Waals surface area contributed by atoms with Crippen LogP contribution in [0.25, 0.3) is 0 Å². The van der Waals surface area contributed by atoms with Gasteiger partial charge in [0, 0.05) is 25.7 Å². The van der Waals surface area contributed by atoms with Crippen LogP contribution in [0.2, 0.25) is 0 Å². The summed E-state index contributed by atoms with van der Waals surface area (Å²) < 4.78 is 5.27. The number of carbonyl (C=O) groups is 4.